The lowest BCUT2D eigenvalue weighted by Crippen LogP contribution is -2.44. The van der Waals surface area contributed by atoms with E-state index in [1.807, 2.05) is 0 Å². The van der Waals surface area contributed by atoms with Gasteiger partial charge in [-0.05, 0) is 64.2 Å². The van der Waals surface area contributed by atoms with Crippen molar-refractivity contribution in [1.82, 2.24) is 10.2 Å². The van der Waals surface area contributed by atoms with E-state index in [0.29, 0.717) is 11.3 Å². The van der Waals surface area contributed by atoms with E-state index >= 15 is 0 Å². The molecule has 2 rings (SSSR count). The number of benzene rings is 1. The van der Waals surface area contributed by atoms with Crippen molar-refractivity contribution >= 4 is 17.5 Å². The Morgan fingerprint density at radius 3 is 2.30 bits per heavy atom. The van der Waals surface area contributed by atoms with Gasteiger partial charge in [0.15, 0.2) is 5.78 Å². The zero-order valence-corrected chi connectivity index (χ0v) is 12.0. The quantitative estimate of drug-likeness (QED) is 0.830. The molecule has 1 aromatic rings. The number of Topliss-reactive ketones (excluding diaryl/α,β-unsaturated/α-hetero) is 1. The molecule has 20 heavy (non-hydrogen) atoms. The Morgan fingerprint density at radius 1 is 1.15 bits per heavy atom. The van der Waals surface area contributed by atoms with E-state index in [2.05, 4.69) is 22.6 Å². The molecule has 5 nitrogen and oxygen atoms in total. The molecular formula is C15H21N3O2. The van der Waals surface area contributed by atoms with E-state index in [1.165, 1.54) is 6.92 Å². The molecule has 0 aromatic heterocycles. The third kappa shape index (κ3) is 4.06. The molecule has 1 aromatic carbocycles. The molecule has 1 aliphatic heterocycles. The highest BCUT2D eigenvalue weighted by Crippen LogP contribution is 2.11. The zero-order chi connectivity index (χ0) is 14.5. The second kappa shape index (κ2) is 6.52. The summed E-state index contributed by atoms with van der Waals surface area (Å²) < 4.78 is 0. The molecule has 0 radical (unpaired) electrons. The van der Waals surface area contributed by atoms with Crippen molar-refractivity contribution in [3.8, 4) is 0 Å². The maximum absolute atomic E-state index is 11.9. The molecule has 2 N–H and O–H groups in total. The largest absolute Gasteiger partial charge is 0.335 e. The second-order valence-electron chi connectivity index (χ2n) is 5.31. The van der Waals surface area contributed by atoms with Crippen LogP contribution in [0.2, 0.25) is 0 Å². The van der Waals surface area contributed by atoms with Crippen molar-refractivity contribution in [2.75, 3.05) is 25.5 Å². The highest BCUT2D eigenvalue weighted by Gasteiger charge is 2.18. The van der Waals surface area contributed by atoms with Gasteiger partial charge in [0.25, 0.3) is 0 Å². The minimum atomic E-state index is -0.185. The van der Waals surface area contributed by atoms with E-state index in [-0.39, 0.29) is 17.9 Å². The van der Waals surface area contributed by atoms with Gasteiger partial charge in [-0.1, -0.05) is 0 Å². The van der Waals surface area contributed by atoms with E-state index in [4.69, 9.17) is 0 Å². The molecule has 0 bridgehead atoms. The van der Waals surface area contributed by atoms with Crippen molar-refractivity contribution in [3.05, 3.63) is 29.8 Å². The fraction of sp³-hybridized carbons (Fsp3) is 0.467. The molecule has 1 fully saturated rings. The van der Waals surface area contributed by atoms with Gasteiger partial charge >= 0.3 is 6.03 Å². The summed E-state index contributed by atoms with van der Waals surface area (Å²) in [6.45, 7) is 3.55. The first-order valence-corrected chi connectivity index (χ1v) is 6.91. The lowest BCUT2D eigenvalue weighted by atomic mass is 10.1. The summed E-state index contributed by atoms with van der Waals surface area (Å²) in [5, 5.41) is 5.77. The van der Waals surface area contributed by atoms with Gasteiger partial charge in [-0.2, -0.15) is 0 Å². The van der Waals surface area contributed by atoms with E-state index in [1.54, 1.807) is 24.3 Å². The van der Waals surface area contributed by atoms with Gasteiger partial charge in [-0.15, -0.1) is 0 Å². The van der Waals surface area contributed by atoms with Crippen LogP contribution in [0.4, 0.5) is 10.5 Å². The predicted molar refractivity (Wildman–Crippen MR) is 79.1 cm³/mol. The number of hydrogen-bond acceptors (Lipinski definition) is 3. The molecule has 1 heterocycles. The van der Waals surface area contributed by atoms with Crippen LogP contribution in [0.3, 0.4) is 0 Å². The van der Waals surface area contributed by atoms with Crippen LogP contribution in [-0.4, -0.2) is 42.9 Å². The van der Waals surface area contributed by atoms with Gasteiger partial charge in [0.2, 0.25) is 0 Å². The summed E-state index contributed by atoms with van der Waals surface area (Å²) in [7, 11) is 2.09. The van der Waals surface area contributed by atoms with E-state index in [9.17, 15) is 9.59 Å². The molecule has 0 aliphatic carbocycles. The Labute approximate surface area is 119 Å². The highest BCUT2D eigenvalue weighted by molar-refractivity contribution is 5.95. The summed E-state index contributed by atoms with van der Waals surface area (Å²) in [4.78, 5) is 25.3. The molecule has 0 atom stereocenters. The Kier molecular flexibility index (Phi) is 4.74. The normalized spacial score (nSPS) is 16.7. The first-order chi connectivity index (χ1) is 9.54. The molecule has 0 unspecified atom stereocenters. The summed E-state index contributed by atoms with van der Waals surface area (Å²) in [5.74, 6) is 0.0207. The maximum Gasteiger partial charge on any atom is 0.319 e. The fourth-order valence-corrected chi connectivity index (χ4v) is 2.29. The number of hydrogen-bond donors (Lipinski definition) is 2. The average molecular weight is 275 g/mol. The molecule has 108 valence electrons. The SMILES string of the molecule is CC(=O)c1ccc(NC(=O)NC2CCN(C)CC2)cc1. The van der Waals surface area contributed by atoms with Gasteiger partial charge in [0.1, 0.15) is 0 Å². The number of amides is 2. The fourth-order valence-electron chi connectivity index (χ4n) is 2.29. The smallest absolute Gasteiger partial charge is 0.319 e. The number of nitrogens with one attached hydrogen (secondary N) is 2. The standard InChI is InChI=1S/C15H21N3O2/c1-11(19)12-3-5-13(6-4-12)16-15(20)17-14-7-9-18(2)10-8-14/h3-6,14H,7-10H2,1-2H3,(H2,16,17,20). The van der Waals surface area contributed by atoms with Crippen molar-refractivity contribution in [3.63, 3.8) is 0 Å². The zero-order valence-electron chi connectivity index (χ0n) is 12.0. The molecule has 0 spiro atoms. The van der Waals surface area contributed by atoms with Crippen molar-refractivity contribution in [2.24, 2.45) is 0 Å². The van der Waals surface area contributed by atoms with Crippen LogP contribution in [0, 0.1) is 0 Å². The van der Waals surface area contributed by atoms with Crippen LogP contribution >= 0.6 is 0 Å². The summed E-state index contributed by atoms with van der Waals surface area (Å²) in [5.41, 5.74) is 1.34. The number of carbonyl (C=O) groups is 2. The van der Waals surface area contributed by atoms with Gasteiger partial charge in [0, 0.05) is 17.3 Å². The van der Waals surface area contributed by atoms with E-state index in [0.717, 1.165) is 25.9 Å². The minimum Gasteiger partial charge on any atom is -0.335 e. The third-order valence-corrected chi connectivity index (χ3v) is 3.60. The van der Waals surface area contributed by atoms with Crippen LogP contribution in [0.15, 0.2) is 24.3 Å². The Bertz CT molecular complexity index is 476. The molecule has 1 aliphatic rings. The van der Waals surface area contributed by atoms with Crippen molar-refractivity contribution in [2.45, 2.75) is 25.8 Å². The molecule has 5 heteroatoms. The highest BCUT2D eigenvalue weighted by atomic mass is 16.2. The number of carbonyl (C=O) groups excluding carboxylic acids is 2. The lowest BCUT2D eigenvalue weighted by molar-refractivity contribution is 0.101. The van der Waals surface area contributed by atoms with Crippen molar-refractivity contribution < 1.29 is 9.59 Å². The second-order valence-corrected chi connectivity index (χ2v) is 5.31. The maximum atomic E-state index is 11.9. The summed E-state index contributed by atoms with van der Waals surface area (Å²) >= 11 is 0. The molecule has 0 saturated carbocycles. The van der Waals surface area contributed by atoms with Crippen LogP contribution < -0.4 is 10.6 Å². The third-order valence-electron chi connectivity index (χ3n) is 3.60. The number of anilines is 1. The number of rotatable bonds is 3. The Morgan fingerprint density at radius 2 is 1.75 bits per heavy atom. The van der Waals surface area contributed by atoms with Gasteiger partial charge in [0.05, 0.1) is 0 Å². The number of ketones is 1. The number of likely N-dealkylation sites (tertiary alicyclic amines) is 1. The van der Waals surface area contributed by atoms with Crippen LogP contribution in [-0.2, 0) is 0 Å². The monoisotopic (exact) mass is 275 g/mol. The summed E-state index contributed by atoms with van der Waals surface area (Å²) in [6.07, 6.45) is 1.96. The average Bonchev–Trinajstić information content (AvgIpc) is 2.42. The lowest BCUT2D eigenvalue weighted by Gasteiger charge is -2.29. The molecular weight excluding hydrogens is 254 g/mol. The molecule has 2 amide bonds. The van der Waals surface area contributed by atoms with Crippen LogP contribution in [0.5, 0.6) is 0 Å². The van der Waals surface area contributed by atoms with Gasteiger partial charge in [-0.25, -0.2) is 4.79 Å². The Hall–Kier alpha value is -1.88. The minimum absolute atomic E-state index is 0.0207. The van der Waals surface area contributed by atoms with Crippen molar-refractivity contribution in [1.29, 1.82) is 0 Å². The van der Waals surface area contributed by atoms with Crippen LogP contribution in [0.1, 0.15) is 30.1 Å². The number of urea groups is 1. The van der Waals surface area contributed by atoms with E-state index < -0.39 is 0 Å². The Balaban J connectivity index is 1.83. The van der Waals surface area contributed by atoms with Crippen LogP contribution in [0.25, 0.3) is 0 Å². The molecule has 1 saturated heterocycles. The number of nitrogens with zero attached hydrogens (tertiary/aromatic N) is 1. The number of piperidine rings is 1. The summed E-state index contributed by atoms with van der Waals surface area (Å²) in [6, 6.07) is 6.97. The first-order valence-electron chi connectivity index (χ1n) is 6.91. The van der Waals surface area contributed by atoms with Gasteiger partial charge < -0.3 is 15.5 Å². The topological polar surface area (TPSA) is 61.4 Å². The van der Waals surface area contributed by atoms with Gasteiger partial charge in [-0.3, -0.25) is 4.79 Å². The predicted octanol–water partition coefficient (Wildman–Crippen LogP) is 2.10. The first kappa shape index (κ1) is 14.5.